The molecule has 0 atom stereocenters. The van der Waals surface area contributed by atoms with Gasteiger partial charge in [-0.1, -0.05) is 73.7 Å². The minimum atomic E-state index is 0.00590. The van der Waals surface area contributed by atoms with E-state index in [-0.39, 0.29) is 11.8 Å². The molecule has 2 aliphatic heterocycles. The Morgan fingerprint density at radius 1 is 0.571 bits per heavy atom. The van der Waals surface area contributed by atoms with Gasteiger partial charge in [0.05, 0.1) is 11.1 Å². The zero-order valence-corrected chi connectivity index (χ0v) is 17.0. The van der Waals surface area contributed by atoms with Crippen LogP contribution in [0.25, 0.3) is 0 Å². The van der Waals surface area contributed by atoms with E-state index in [0.29, 0.717) is 34.2 Å². The molecular weight excluding hydrogens is 388 g/mol. The van der Waals surface area contributed by atoms with Crippen LogP contribution in [0.3, 0.4) is 0 Å². The number of unbranched alkanes of at least 4 members (excludes halogenated alkanes) is 3. The third-order valence-electron chi connectivity index (χ3n) is 5.27. The van der Waals surface area contributed by atoms with Crippen molar-refractivity contribution in [2.75, 3.05) is 13.1 Å². The largest absolute Gasteiger partial charge is 0.298 e. The number of benzene rings is 2. The van der Waals surface area contributed by atoms with Gasteiger partial charge in [-0.25, -0.2) is 0 Å². The van der Waals surface area contributed by atoms with Gasteiger partial charge in [0.1, 0.15) is 9.98 Å². The third kappa shape index (κ3) is 3.27. The second kappa shape index (κ2) is 7.89. The van der Waals surface area contributed by atoms with Crippen molar-refractivity contribution in [3.05, 3.63) is 70.8 Å². The van der Waals surface area contributed by atoms with Crippen LogP contribution >= 0.6 is 24.4 Å². The predicted octanol–water partition coefficient (Wildman–Crippen LogP) is 4.21. The molecule has 2 amide bonds. The molecule has 0 saturated carbocycles. The zero-order valence-electron chi connectivity index (χ0n) is 15.4. The second-order valence-electron chi connectivity index (χ2n) is 7.03. The molecule has 0 unspecified atom stereocenters. The molecule has 2 heterocycles. The number of carbonyl (C=O) groups is 2. The summed E-state index contributed by atoms with van der Waals surface area (Å²) in [6.45, 7) is 1.28. The summed E-state index contributed by atoms with van der Waals surface area (Å²) < 4.78 is 0. The number of fused-ring (bicyclic) bond motifs is 2. The Morgan fingerprint density at radius 2 is 0.929 bits per heavy atom. The summed E-state index contributed by atoms with van der Waals surface area (Å²) in [7, 11) is 0. The summed E-state index contributed by atoms with van der Waals surface area (Å²) in [6, 6.07) is 15.0. The van der Waals surface area contributed by atoms with E-state index in [1.54, 1.807) is 9.80 Å². The van der Waals surface area contributed by atoms with Crippen LogP contribution in [0.4, 0.5) is 0 Å². The van der Waals surface area contributed by atoms with Crippen LogP contribution in [-0.2, 0) is 0 Å². The summed E-state index contributed by atoms with van der Waals surface area (Å²) in [5.41, 5.74) is 3.13. The fourth-order valence-corrected chi connectivity index (χ4v) is 4.48. The third-order valence-corrected chi connectivity index (χ3v) is 6.15. The molecule has 0 aliphatic carbocycles. The average Bonchev–Trinajstić information content (AvgIpc) is 3.11. The summed E-state index contributed by atoms with van der Waals surface area (Å²) in [5, 5.41) is 0. The normalized spacial score (nSPS) is 15.4. The molecule has 0 fully saturated rings. The lowest BCUT2D eigenvalue weighted by atomic mass is 10.1. The Hall–Kier alpha value is -2.44. The van der Waals surface area contributed by atoms with Crippen molar-refractivity contribution in [3.8, 4) is 0 Å². The van der Waals surface area contributed by atoms with Gasteiger partial charge in [0.2, 0.25) is 0 Å². The first kappa shape index (κ1) is 18.9. The molecule has 0 radical (unpaired) electrons. The van der Waals surface area contributed by atoms with Gasteiger partial charge in [0.25, 0.3) is 11.8 Å². The summed E-state index contributed by atoms with van der Waals surface area (Å²) >= 11 is 10.9. The van der Waals surface area contributed by atoms with E-state index in [9.17, 15) is 9.59 Å². The van der Waals surface area contributed by atoms with E-state index in [1.807, 2.05) is 48.5 Å². The molecule has 4 nitrogen and oxygen atoms in total. The Morgan fingerprint density at radius 3 is 1.29 bits per heavy atom. The molecule has 2 aromatic carbocycles. The SMILES string of the molecule is O=C1c2ccccc2C(=S)N1CCCCCCN1C(=O)c2ccccc2C1=S. The molecular formula is C22H20N2O2S2. The fraction of sp³-hybridized carbons (Fsp3) is 0.273. The first-order valence-electron chi connectivity index (χ1n) is 9.50. The molecule has 0 aromatic heterocycles. The lowest BCUT2D eigenvalue weighted by Gasteiger charge is -2.17. The molecule has 4 rings (SSSR count). The standard InChI is InChI=1S/C22H20N2O2S2/c25-19-15-9-3-5-11-17(15)21(27)23(19)13-7-1-2-8-14-24-20(26)16-10-4-6-12-18(16)22(24)28/h3-6,9-12H,1-2,7-8,13-14H2. The Labute approximate surface area is 175 Å². The molecule has 142 valence electrons. The molecule has 0 saturated heterocycles. The Bertz CT molecular complexity index is 837. The number of carbonyl (C=O) groups excluding carboxylic acids is 2. The molecule has 2 aliphatic rings. The van der Waals surface area contributed by atoms with E-state index in [0.717, 1.165) is 36.8 Å². The van der Waals surface area contributed by atoms with Crippen molar-refractivity contribution in [2.45, 2.75) is 25.7 Å². The van der Waals surface area contributed by atoms with Crippen LogP contribution in [0, 0.1) is 0 Å². The van der Waals surface area contributed by atoms with Crippen molar-refractivity contribution in [3.63, 3.8) is 0 Å². The molecule has 6 heteroatoms. The highest BCUT2D eigenvalue weighted by Crippen LogP contribution is 2.25. The van der Waals surface area contributed by atoms with Crippen molar-refractivity contribution in [2.24, 2.45) is 0 Å². The predicted molar refractivity (Wildman–Crippen MR) is 117 cm³/mol. The van der Waals surface area contributed by atoms with Gasteiger partial charge in [0.15, 0.2) is 0 Å². The molecule has 0 N–H and O–H groups in total. The van der Waals surface area contributed by atoms with Gasteiger partial charge in [-0.2, -0.15) is 0 Å². The minimum absolute atomic E-state index is 0.00590. The highest BCUT2D eigenvalue weighted by Gasteiger charge is 2.32. The number of amides is 2. The number of thiocarbonyl (C=S) groups is 2. The monoisotopic (exact) mass is 408 g/mol. The van der Waals surface area contributed by atoms with Gasteiger partial charge in [0, 0.05) is 24.2 Å². The molecule has 0 bridgehead atoms. The van der Waals surface area contributed by atoms with Gasteiger partial charge in [-0.05, 0) is 25.0 Å². The highest BCUT2D eigenvalue weighted by atomic mass is 32.1. The summed E-state index contributed by atoms with van der Waals surface area (Å²) in [6.07, 6.45) is 3.73. The van der Waals surface area contributed by atoms with E-state index in [4.69, 9.17) is 24.4 Å². The Kier molecular flexibility index (Phi) is 5.33. The smallest absolute Gasteiger partial charge is 0.259 e. The van der Waals surface area contributed by atoms with Crippen LogP contribution < -0.4 is 0 Å². The van der Waals surface area contributed by atoms with Crippen molar-refractivity contribution >= 4 is 46.2 Å². The van der Waals surface area contributed by atoms with Crippen LogP contribution in [0.1, 0.15) is 57.5 Å². The van der Waals surface area contributed by atoms with Gasteiger partial charge in [-0.15, -0.1) is 0 Å². The lowest BCUT2D eigenvalue weighted by Crippen LogP contribution is -2.30. The van der Waals surface area contributed by atoms with Crippen molar-refractivity contribution in [1.82, 2.24) is 9.80 Å². The molecule has 0 spiro atoms. The topological polar surface area (TPSA) is 40.6 Å². The van der Waals surface area contributed by atoms with E-state index in [1.165, 1.54) is 0 Å². The maximum absolute atomic E-state index is 12.5. The lowest BCUT2D eigenvalue weighted by molar-refractivity contribution is 0.0848. The van der Waals surface area contributed by atoms with E-state index in [2.05, 4.69) is 0 Å². The first-order chi connectivity index (χ1) is 13.6. The number of rotatable bonds is 7. The van der Waals surface area contributed by atoms with Gasteiger partial charge >= 0.3 is 0 Å². The van der Waals surface area contributed by atoms with E-state index < -0.39 is 0 Å². The number of hydrogen-bond donors (Lipinski definition) is 0. The first-order valence-corrected chi connectivity index (χ1v) is 10.3. The van der Waals surface area contributed by atoms with Crippen LogP contribution in [0.5, 0.6) is 0 Å². The van der Waals surface area contributed by atoms with E-state index >= 15 is 0 Å². The maximum atomic E-state index is 12.5. The molecule has 28 heavy (non-hydrogen) atoms. The zero-order chi connectivity index (χ0) is 19.7. The fourth-order valence-electron chi connectivity index (χ4n) is 3.78. The van der Waals surface area contributed by atoms with Gasteiger partial charge < -0.3 is 0 Å². The second-order valence-corrected chi connectivity index (χ2v) is 7.80. The summed E-state index contributed by atoms with van der Waals surface area (Å²) in [4.78, 5) is 29.6. The molecule has 2 aromatic rings. The average molecular weight is 409 g/mol. The van der Waals surface area contributed by atoms with Gasteiger partial charge in [-0.3, -0.25) is 19.4 Å². The van der Waals surface area contributed by atoms with Crippen LogP contribution in [-0.4, -0.2) is 44.7 Å². The quantitative estimate of drug-likeness (QED) is 0.508. The van der Waals surface area contributed by atoms with Crippen molar-refractivity contribution < 1.29 is 9.59 Å². The summed E-state index contributed by atoms with van der Waals surface area (Å²) in [5.74, 6) is 0.0118. The maximum Gasteiger partial charge on any atom is 0.259 e. The minimum Gasteiger partial charge on any atom is -0.298 e. The Balaban J connectivity index is 1.22. The van der Waals surface area contributed by atoms with Crippen LogP contribution in [0.15, 0.2) is 48.5 Å². The highest BCUT2D eigenvalue weighted by molar-refractivity contribution is 7.81. The van der Waals surface area contributed by atoms with Crippen LogP contribution in [0.2, 0.25) is 0 Å². The number of nitrogens with zero attached hydrogens (tertiary/aromatic N) is 2. The number of hydrogen-bond acceptors (Lipinski definition) is 4. The van der Waals surface area contributed by atoms with Crippen molar-refractivity contribution in [1.29, 1.82) is 0 Å².